The molecule has 0 aliphatic carbocycles. The molecule has 0 saturated carbocycles. The molecule has 0 radical (unpaired) electrons. The molecule has 2 unspecified atom stereocenters. The number of nitrogens with zero attached hydrogens (tertiary/aromatic N) is 1. The average Bonchev–Trinajstić information content (AvgIpc) is 2.22. The number of carbonyl (C=O) groups is 1. The summed E-state index contributed by atoms with van der Waals surface area (Å²) in [5.74, 6) is -0.0142. The van der Waals surface area contributed by atoms with E-state index in [0.717, 1.165) is 32.2 Å². The quantitative estimate of drug-likeness (QED) is 0.652. The first kappa shape index (κ1) is 15.4. The summed E-state index contributed by atoms with van der Waals surface area (Å²) in [6.45, 7) is 5.10. The van der Waals surface area contributed by atoms with Gasteiger partial charge in [-0.3, -0.25) is 4.79 Å². The van der Waals surface area contributed by atoms with Gasteiger partial charge in [-0.1, -0.05) is 19.8 Å². The smallest absolute Gasteiger partial charge is 0.237 e. The van der Waals surface area contributed by atoms with E-state index in [9.17, 15) is 4.79 Å². The molecule has 0 aliphatic heterocycles. The van der Waals surface area contributed by atoms with E-state index in [1.54, 1.807) is 0 Å². The Morgan fingerprint density at radius 3 is 2.50 bits per heavy atom. The van der Waals surface area contributed by atoms with Gasteiger partial charge in [-0.25, -0.2) is 0 Å². The van der Waals surface area contributed by atoms with Crippen LogP contribution in [0.5, 0.6) is 0 Å². The lowest BCUT2D eigenvalue weighted by Crippen LogP contribution is -2.45. The molecule has 4 nitrogen and oxygen atoms in total. The molecule has 0 fully saturated rings. The molecule has 0 heterocycles. The zero-order chi connectivity index (χ0) is 12.6. The van der Waals surface area contributed by atoms with Crippen LogP contribution in [0.4, 0.5) is 0 Å². The van der Waals surface area contributed by atoms with E-state index in [4.69, 9.17) is 5.73 Å². The summed E-state index contributed by atoms with van der Waals surface area (Å²) in [5.41, 5.74) is 5.79. The molecule has 2 atom stereocenters. The molecule has 16 heavy (non-hydrogen) atoms. The Hall–Kier alpha value is -0.610. The second-order valence-electron chi connectivity index (χ2n) is 4.75. The van der Waals surface area contributed by atoms with Crippen molar-refractivity contribution >= 4 is 5.91 Å². The van der Waals surface area contributed by atoms with Gasteiger partial charge in [0.25, 0.3) is 0 Å². The Balaban J connectivity index is 3.76. The minimum Gasteiger partial charge on any atom is -0.352 e. The van der Waals surface area contributed by atoms with Crippen molar-refractivity contribution in [1.82, 2.24) is 10.2 Å². The van der Waals surface area contributed by atoms with Crippen LogP contribution in [0.2, 0.25) is 0 Å². The van der Waals surface area contributed by atoms with Crippen molar-refractivity contribution in [3.05, 3.63) is 0 Å². The zero-order valence-corrected chi connectivity index (χ0v) is 11.1. The summed E-state index contributed by atoms with van der Waals surface area (Å²) in [5, 5.41) is 2.95. The first-order valence-electron chi connectivity index (χ1n) is 6.18. The van der Waals surface area contributed by atoms with Gasteiger partial charge in [-0.2, -0.15) is 0 Å². The third-order valence-corrected chi connectivity index (χ3v) is 2.60. The van der Waals surface area contributed by atoms with Gasteiger partial charge < -0.3 is 16.0 Å². The van der Waals surface area contributed by atoms with Crippen molar-refractivity contribution < 1.29 is 4.79 Å². The third kappa shape index (κ3) is 7.65. The number of nitrogens with two attached hydrogens (primary N) is 1. The Morgan fingerprint density at radius 1 is 1.38 bits per heavy atom. The number of unbranched alkanes of at least 4 members (excludes halogenated alkanes) is 1. The lowest BCUT2D eigenvalue weighted by Gasteiger charge is -2.19. The summed E-state index contributed by atoms with van der Waals surface area (Å²) in [7, 11) is 4.06. The van der Waals surface area contributed by atoms with Crippen LogP contribution in [0.25, 0.3) is 0 Å². The van der Waals surface area contributed by atoms with Crippen molar-refractivity contribution in [3.63, 3.8) is 0 Å². The van der Waals surface area contributed by atoms with Crippen molar-refractivity contribution in [2.75, 3.05) is 20.6 Å². The summed E-state index contributed by atoms with van der Waals surface area (Å²) in [6, 6.07) is -0.149. The van der Waals surface area contributed by atoms with Gasteiger partial charge in [-0.15, -0.1) is 0 Å². The fraction of sp³-hybridized carbons (Fsp3) is 0.917. The zero-order valence-electron chi connectivity index (χ0n) is 11.1. The first-order chi connectivity index (χ1) is 7.47. The maximum Gasteiger partial charge on any atom is 0.237 e. The molecular weight excluding hydrogens is 202 g/mol. The maximum absolute atomic E-state index is 11.7. The molecule has 96 valence electrons. The minimum atomic E-state index is -0.346. The van der Waals surface area contributed by atoms with Crippen LogP contribution in [0.3, 0.4) is 0 Å². The minimum absolute atomic E-state index is 0.0142. The van der Waals surface area contributed by atoms with Gasteiger partial charge in [-0.05, 0) is 40.4 Å². The number of hydrogen-bond donors (Lipinski definition) is 2. The molecule has 0 aromatic rings. The lowest BCUT2D eigenvalue weighted by molar-refractivity contribution is -0.123. The molecular formula is C12H27N3O. The number of amides is 1. The average molecular weight is 229 g/mol. The maximum atomic E-state index is 11.7. The Labute approximate surface area is 99.6 Å². The Bertz CT molecular complexity index is 195. The van der Waals surface area contributed by atoms with E-state index in [-0.39, 0.29) is 18.0 Å². The SMILES string of the molecule is CCCCC(N)C(=O)NC(C)CCN(C)C. The monoisotopic (exact) mass is 229 g/mol. The topological polar surface area (TPSA) is 58.4 Å². The van der Waals surface area contributed by atoms with E-state index in [2.05, 4.69) is 17.1 Å². The Morgan fingerprint density at radius 2 is 2.00 bits per heavy atom. The van der Waals surface area contributed by atoms with E-state index in [1.165, 1.54) is 0 Å². The van der Waals surface area contributed by atoms with Crippen LogP contribution in [0.15, 0.2) is 0 Å². The van der Waals surface area contributed by atoms with Crippen LogP contribution in [-0.2, 0) is 4.79 Å². The van der Waals surface area contributed by atoms with Crippen LogP contribution >= 0.6 is 0 Å². The van der Waals surface area contributed by atoms with Crippen LogP contribution in [-0.4, -0.2) is 43.5 Å². The van der Waals surface area contributed by atoms with Crippen LogP contribution < -0.4 is 11.1 Å². The normalized spacial score (nSPS) is 14.9. The molecule has 0 saturated heterocycles. The summed E-state index contributed by atoms with van der Waals surface area (Å²) in [6.07, 6.45) is 3.83. The highest BCUT2D eigenvalue weighted by atomic mass is 16.2. The van der Waals surface area contributed by atoms with E-state index in [0.29, 0.717) is 0 Å². The number of hydrogen-bond acceptors (Lipinski definition) is 3. The molecule has 1 amide bonds. The van der Waals surface area contributed by atoms with Gasteiger partial charge in [0, 0.05) is 6.04 Å². The molecule has 0 aromatic carbocycles. The molecule has 4 heteroatoms. The molecule has 0 aliphatic rings. The van der Waals surface area contributed by atoms with E-state index >= 15 is 0 Å². The van der Waals surface area contributed by atoms with E-state index in [1.807, 2.05) is 21.0 Å². The molecule has 0 spiro atoms. The van der Waals surface area contributed by atoms with Gasteiger partial charge in [0.05, 0.1) is 6.04 Å². The predicted octanol–water partition coefficient (Wildman–Crippen LogP) is 0.960. The van der Waals surface area contributed by atoms with Crippen molar-refractivity contribution in [2.45, 2.75) is 51.6 Å². The molecule has 0 aromatic heterocycles. The van der Waals surface area contributed by atoms with Crippen LogP contribution in [0.1, 0.15) is 39.5 Å². The molecule has 0 bridgehead atoms. The predicted molar refractivity (Wildman–Crippen MR) is 68.3 cm³/mol. The lowest BCUT2D eigenvalue weighted by atomic mass is 10.1. The van der Waals surface area contributed by atoms with Crippen LogP contribution in [0, 0.1) is 0 Å². The van der Waals surface area contributed by atoms with Crippen molar-refractivity contribution in [1.29, 1.82) is 0 Å². The number of rotatable bonds is 8. The number of nitrogens with one attached hydrogen (secondary N) is 1. The summed E-state index contributed by atoms with van der Waals surface area (Å²) >= 11 is 0. The van der Waals surface area contributed by atoms with Gasteiger partial charge >= 0.3 is 0 Å². The molecule has 0 rings (SSSR count). The van der Waals surface area contributed by atoms with Gasteiger partial charge in [0.1, 0.15) is 0 Å². The highest BCUT2D eigenvalue weighted by Gasteiger charge is 2.14. The fourth-order valence-corrected chi connectivity index (χ4v) is 1.43. The van der Waals surface area contributed by atoms with Gasteiger partial charge in [0.2, 0.25) is 5.91 Å². The summed E-state index contributed by atoms with van der Waals surface area (Å²) < 4.78 is 0. The largest absolute Gasteiger partial charge is 0.352 e. The highest BCUT2D eigenvalue weighted by Crippen LogP contribution is 1.99. The highest BCUT2D eigenvalue weighted by molar-refractivity contribution is 5.81. The standard InChI is InChI=1S/C12H27N3O/c1-5-6-7-11(13)12(16)14-10(2)8-9-15(3)4/h10-11H,5-9,13H2,1-4H3,(H,14,16). The molecule has 3 N–H and O–H groups in total. The summed E-state index contributed by atoms with van der Waals surface area (Å²) in [4.78, 5) is 13.8. The van der Waals surface area contributed by atoms with E-state index < -0.39 is 0 Å². The van der Waals surface area contributed by atoms with Gasteiger partial charge in [0.15, 0.2) is 0 Å². The second-order valence-corrected chi connectivity index (χ2v) is 4.75. The van der Waals surface area contributed by atoms with Crippen molar-refractivity contribution in [2.24, 2.45) is 5.73 Å². The Kier molecular flexibility index (Phi) is 8.21. The number of carbonyl (C=O) groups excluding carboxylic acids is 1. The fourth-order valence-electron chi connectivity index (χ4n) is 1.43. The second kappa shape index (κ2) is 8.53. The first-order valence-corrected chi connectivity index (χ1v) is 6.18. The third-order valence-electron chi connectivity index (χ3n) is 2.60. The van der Waals surface area contributed by atoms with Crippen molar-refractivity contribution in [3.8, 4) is 0 Å².